The Balaban J connectivity index is 1.62. The highest BCUT2D eigenvalue weighted by Gasteiger charge is 2.23. The van der Waals surface area contributed by atoms with Crippen molar-refractivity contribution in [1.29, 1.82) is 0 Å². The quantitative estimate of drug-likeness (QED) is 0.885. The van der Waals surface area contributed by atoms with Crippen molar-refractivity contribution in [2.75, 3.05) is 33.3 Å². The van der Waals surface area contributed by atoms with Crippen molar-refractivity contribution in [3.63, 3.8) is 0 Å². The molecule has 24 heavy (non-hydrogen) atoms. The fourth-order valence-corrected chi connectivity index (χ4v) is 3.20. The molecule has 4 nitrogen and oxygen atoms in total. The van der Waals surface area contributed by atoms with E-state index >= 15 is 0 Å². The Hall–Kier alpha value is -1.88. The summed E-state index contributed by atoms with van der Waals surface area (Å²) in [7, 11) is 2.14. The average Bonchev–Trinajstić information content (AvgIpc) is 2.59. The van der Waals surface area contributed by atoms with E-state index in [1.807, 2.05) is 36.4 Å². The molecule has 2 aromatic carbocycles. The van der Waals surface area contributed by atoms with E-state index in [1.54, 1.807) is 0 Å². The second-order valence-corrected chi connectivity index (χ2v) is 6.44. The highest BCUT2D eigenvalue weighted by atomic mass is 16.5. The fraction of sp³-hybridized carbons (Fsp3) is 0.400. The SMILES string of the molecule is CN1CCN(Cc2cccc(Oc3ccccc3)c2)C[C@@H]1CCO. The lowest BCUT2D eigenvalue weighted by Gasteiger charge is -2.39. The first-order valence-corrected chi connectivity index (χ1v) is 8.60. The Morgan fingerprint density at radius 1 is 1.04 bits per heavy atom. The first-order chi connectivity index (χ1) is 11.7. The third kappa shape index (κ3) is 4.57. The zero-order chi connectivity index (χ0) is 16.8. The molecular formula is C20H26N2O2. The van der Waals surface area contributed by atoms with Crippen molar-refractivity contribution in [3.8, 4) is 11.5 Å². The molecule has 0 bridgehead atoms. The van der Waals surface area contributed by atoms with Crippen molar-refractivity contribution >= 4 is 0 Å². The smallest absolute Gasteiger partial charge is 0.127 e. The van der Waals surface area contributed by atoms with E-state index in [9.17, 15) is 5.11 Å². The third-order valence-corrected chi connectivity index (χ3v) is 4.61. The molecule has 1 aliphatic heterocycles. The van der Waals surface area contributed by atoms with Crippen molar-refractivity contribution in [3.05, 3.63) is 60.2 Å². The first-order valence-electron chi connectivity index (χ1n) is 8.60. The van der Waals surface area contributed by atoms with Gasteiger partial charge in [0.25, 0.3) is 0 Å². The highest BCUT2D eigenvalue weighted by Crippen LogP contribution is 2.23. The van der Waals surface area contributed by atoms with Crippen LogP contribution in [0.5, 0.6) is 11.5 Å². The van der Waals surface area contributed by atoms with Gasteiger partial charge in [-0.1, -0.05) is 30.3 Å². The molecule has 0 unspecified atom stereocenters. The number of hydrogen-bond donors (Lipinski definition) is 1. The summed E-state index contributed by atoms with van der Waals surface area (Å²) in [6.07, 6.45) is 0.837. The number of likely N-dealkylation sites (N-methyl/N-ethyl adjacent to an activating group) is 1. The Morgan fingerprint density at radius 2 is 1.83 bits per heavy atom. The molecule has 1 fully saturated rings. The van der Waals surface area contributed by atoms with Crippen LogP contribution in [0.25, 0.3) is 0 Å². The van der Waals surface area contributed by atoms with Crippen LogP contribution in [-0.2, 0) is 6.54 Å². The van der Waals surface area contributed by atoms with Crippen LogP contribution < -0.4 is 4.74 Å². The van der Waals surface area contributed by atoms with Gasteiger partial charge in [0.1, 0.15) is 11.5 Å². The monoisotopic (exact) mass is 326 g/mol. The fourth-order valence-electron chi connectivity index (χ4n) is 3.20. The van der Waals surface area contributed by atoms with Crippen molar-refractivity contribution < 1.29 is 9.84 Å². The van der Waals surface area contributed by atoms with Crippen molar-refractivity contribution in [2.24, 2.45) is 0 Å². The molecule has 1 aliphatic rings. The standard InChI is InChI=1S/C20H26N2O2/c1-21-11-12-22(16-18(21)10-13-23)15-17-6-5-9-20(14-17)24-19-7-3-2-4-8-19/h2-9,14,18,23H,10-13,15-16H2,1H3/t18-/m0/s1. The van der Waals surface area contributed by atoms with E-state index < -0.39 is 0 Å². The number of rotatable bonds is 6. The number of aliphatic hydroxyl groups excluding tert-OH is 1. The zero-order valence-corrected chi connectivity index (χ0v) is 14.3. The van der Waals surface area contributed by atoms with Crippen LogP contribution >= 0.6 is 0 Å². The lowest BCUT2D eigenvalue weighted by molar-refractivity contribution is 0.0743. The van der Waals surface area contributed by atoms with E-state index in [2.05, 4.69) is 35.0 Å². The third-order valence-electron chi connectivity index (χ3n) is 4.61. The van der Waals surface area contributed by atoms with Crippen LogP contribution in [0.1, 0.15) is 12.0 Å². The average molecular weight is 326 g/mol. The minimum absolute atomic E-state index is 0.253. The van der Waals surface area contributed by atoms with Gasteiger partial charge in [0.15, 0.2) is 0 Å². The van der Waals surface area contributed by atoms with E-state index in [1.165, 1.54) is 5.56 Å². The molecule has 0 saturated carbocycles. The summed E-state index contributed by atoms with van der Waals surface area (Å²) in [6.45, 7) is 4.28. The predicted molar refractivity (Wildman–Crippen MR) is 96.4 cm³/mol. The van der Waals surface area contributed by atoms with E-state index in [0.717, 1.165) is 44.1 Å². The molecule has 1 heterocycles. The van der Waals surface area contributed by atoms with Gasteiger partial charge in [0.05, 0.1) is 0 Å². The highest BCUT2D eigenvalue weighted by molar-refractivity contribution is 5.33. The number of aliphatic hydroxyl groups is 1. The summed E-state index contributed by atoms with van der Waals surface area (Å²) in [5.41, 5.74) is 1.26. The summed E-state index contributed by atoms with van der Waals surface area (Å²) in [4.78, 5) is 4.81. The second-order valence-electron chi connectivity index (χ2n) is 6.44. The van der Waals surface area contributed by atoms with Gasteiger partial charge in [0, 0.05) is 38.8 Å². The zero-order valence-electron chi connectivity index (χ0n) is 14.3. The summed E-state index contributed by atoms with van der Waals surface area (Å²) in [5.74, 6) is 1.73. The lowest BCUT2D eigenvalue weighted by atomic mass is 10.1. The normalized spacial score (nSPS) is 19.3. The molecular weight excluding hydrogens is 300 g/mol. The Kier molecular flexibility index (Phi) is 5.86. The summed E-state index contributed by atoms with van der Waals surface area (Å²) in [5, 5.41) is 9.23. The second kappa shape index (κ2) is 8.29. The molecule has 128 valence electrons. The van der Waals surface area contributed by atoms with Gasteiger partial charge in [-0.3, -0.25) is 4.90 Å². The maximum atomic E-state index is 9.23. The van der Waals surface area contributed by atoms with Crippen LogP contribution in [-0.4, -0.2) is 54.2 Å². The molecule has 0 radical (unpaired) electrons. The van der Waals surface area contributed by atoms with Gasteiger partial charge in [-0.2, -0.15) is 0 Å². The van der Waals surface area contributed by atoms with Crippen LogP contribution in [0.15, 0.2) is 54.6 Å². The van der Waals surface area contributed by atoms with Crippen LogP contribution in [0.3, 0.4) is 0 Å². The molecule has 2 aromatic rings. The van der Waals surface area contributed by atoms with Gasteiger partial charge in [-0.05, 0) is 43.3 Å². The Morgan fingerprint density at radius 3 is 2.62 bits per heavy atom. The maximum absolute atomic E-state index is 9.23. The summed E-state index contributed by atoms with van der Waals surface area (Å²) < 4.78 is 5.93. The Bertz CT molecular complexity index is 633. The number of benzene rings is 2. The van der Waals surface area contributed by atoms with E-state index in [-0.39, 0.29) is 6.61 Å². The van der Waals surface area contributed by atoms with E-state index in [0.29, 0.717) is 6.04 Å². The number of para-hydroxylation sites is 1. The molecule has 0 aromatic heterocycles. The van der Waals surface area contributed by atoms with Gasteiger partial charge >= 0.3 is 0 Å². The largest absolute Gasteiger partial charge is 0.457 e. The van der Waals surface area contributed by atoms with Gasteiger partial charge in [-0.15, -0.1) is 0 Å². The lowest BCUT2D eigenvalue weighted by Crippen LogP contribution is -2.51. The number of piperazine rings is 1. The number of hydrogen-bond acceptors (Lipinski definition) is 4. The molecule has 1 N–H and O–H groups in total. The summed E-state index contributed by atoms with van der Waals surface area (Å²) >= 11 is 0. The minimum Gasteiger partial charge on any atom is -0.457 e. The number of ether oxygens (including phenoxy) is 1. The first kappa shape index (κ1) is 17.0. The van der Waals surface area contributed by atoms with Crippen molar-refractivity contribution in [1.82, 2.24) is 9.80 Å². The minimum atomic E-state index is 0.253. The van der Waals surface area contributed by atoms with Crippen LogP contribution in [0.2, 0.25) is 0 Å². The molecule has 0 aliphatic carbocycles. The van der Waals surface area contributed by atoms with Crippen molar-refractivity contribution in [2.45, 2.75) is 19.0 Å². The van der Waals surface area contributed by atoms with Crippen LogP contribution in [0, 0.1) is 0 Å². The van der Waals surface area contributed by atoms with E-state index in [4.69, 9.17) is 4.74 Å². The molecule has 0 spiro atoms. The molecule has 0 amide bonds. The summed E-state index contributed by atoms with van der Waals surface area (Å²) in [6, 6.07) is 18.6. The number of nitrogens with zero attached hydrogens (tertiary/aromatic N) is 2. The molecule has 4 heteroatoms. The molecule has 1 atom stereocenters. The predicted octanol–water partition coefficient (Wildman–Crippen LogP) is 2.98. The Labute approximate surface area is 144 Å². The molecule has 1 saturated heterocycles. The van der Waals surface area contributed by atoms with Gasteiger partial charge < -0.3 is 14.7 Å². The van der Waals surface area contributed by atoms with Crippen LogP contribution in [0.4, 0.5) is 0 Å². The molecule has 3 rings (SSSR count). The maximum Gasteiger partial charge on any atom is 0.127 e. The van der Waals surface area contributed by atoms with Gasteiger partial charge in [-0.25, -0.2) is 0 Å². The van der Waals surface area contributed by atoms with Gasteiger partial charge in [0.2, 0.25) is 0 Å². The topological polar surface area (TPSA) is 35.9 Å².